The number of rotatable bonds is 10. The first-order chi connectivity index (χ1) is 10.9. The molecule has 5 heteroatoms. The fourth-order valence-electron chi connectivity index (χ4n) is 2.71. The molecule has 0 aliphatic heterocycles. The van der Waals surface area contributed by atoms with Crippen LogP contribution in [0.3, 0.4) is 0 Å². The van der Waals surface area contributed by atoms with Gasteiger partial charge in [-0.1, -0.05) is 0 Å². The van der Waals surface area contributed by atoms with Gasteiger partial charge in [0.1, 0.15) is 38.1 Å². The third-order valence-electron chi connectivity index (χ3n) is 3.98. The van der Waals surface area contributed by atoms with Crippen molar-refractivity contribution in [2.75, 3.05) is 26.2 Å². The van der Waals surface area contributed by atoms with E-state index < -0.39 is 6.10 Å². The second-order valence-corrected chi connectivity index (χ2v) is 6.55. The second-order valence-electron chi connectivity index (χ2n) is 6.55. The lowest BCUT2D eigenvalue weighted by Crippen LogP contribution is -3.19. The Hall–Kier alpha value is -1.61. The van der Waals surface area contributed by atoms with E-state index in [1.165, 1.54) is 0 Å². The maximum absolute atomic E-state index is 9.98. The Labute approximate surface area is 139 Å². The lowest BCUT2D eigenvalue weighted by atomic mass is 10.2. The third kappa shape index (κ3) is 7.47. The lowest BCUT2D eigenvalue weighted by molar-refractivity contribution is -0.952. The van der Waals surface area contributed by atoms with Crippen LogP contribution in [-0.2, 0) is 0 Å². The smallest absolute Gasteiger partial charge is 0.137 e. The molecule has 0 amide bonds. The molecule has 1 rings (SSSR count). The number of hydrogen-bond donors (Lipinski definition) is 3. The first kappa shape index (κ1) is 19.4. The first-order valence-electron chi connectivity index (χ1n) is 8.42. The number of nitrogens with zero attached hydrogens (tertiary/aromatic N) is 1. The molecule has 0 aliphatic carbocycles. The lowest BCUT2D eigenvalue weighted by Gasteiger charge is -2.26. The molecular formula is C18H31N3O2+2. The SMILES string of the molecule is CC(C)[NH+](CC[NH2+]C[C@@H](O)COc1ccc(C#N)cc1)C(C)C. The van der Waals surface area contributed by atoms with Crippen molar-refractivity contribution in [2.45, 2.75) is 45.9 Å². The minimum absolute atomic E-state index is 0.271. The van der Waals surface area contributed by atoms with Gasteiger partial charge >= 0.3 is 0 Å². The largest absolute Gasteiger partial charge is 0.491 e. The monoisotopic (exact) mass is 321 g/mol. The van der Waals surface area contributed by atoms with Gasteiger partial charge in [0.25, 0.3) is 0 Å². The number of quaternary nitrogens is 2. The van der Waals surface area contributed by atoms with E-state index in [4.69, 9.17) is 10.00 Å². The van der Waals surface area contributed by atoms with Crippen LogP contribution in [0.2, 0.25) is 0 Å². The zero-order chi connectivity index (χ0) is 17.2. The highest BCUT2D eigenvalue weighted by Gasteiger charge is 2.17. The molecule has 0 spiro atoms. The van der Waals surface area contributed by atoms with Gasteiger partial charge in [-0.05, 0) is 52.0 Å². The Morgan fingerprint density at radius 1 is 1.17 bits per heavy atom. The highest BCUT2D eigenvalue weighted by atomic mass is 16.5. The molecule has 1 aromatic carbocycles. The van der Waals surface area contributed by atoms with Gasteiger partial charge in [0, 0.05) is 0 Å². The maximum atomic E-state index is 9.98. The van der Waals surface area contributed by atoms with Gasteiger partial charge in [-0.2, -0.15) is 5.26 Å². The van der Waals surface area contributed by atoms with Crippen molar-refractivity contribution >= 4 is 0 Å². The molecule has 0 bridgehead atoms. The number of ether oxygens (including phenoxy) is 1. The van der Waals surface area contributed by atoms with Crippen LogP contribution in [0.25, 0.3) is 0 Å². The van der Waals surface area contributed by atoms with Crippen LogP contribution in [0, 0.1) is 11.3 Å². The minimum atomic E-state index is -0.493. The molecule has 0 aliphatic rings. The van der Waals surface area contributed by atoms with Gasteiger partial charge in [-0.15, -0.1) is 0 Å². The minimum Gasteiger partial charge on any atom is -0.491 e. The number of benzene rings is 1. The predicted octanol–water partition coefficient (Wildman–Crippen LogP) is -0.437. The number of aliphatic hydroxyl groups is 1. The van der Waals surface area contributed by atoms with E-state index in [1.54, 1.807) is 29.2 Å². The maximum Gasteiger partial charge on any atom is 0.137 e. The van der Waals surface area contributed by atoms with Gasteiger partial charge in [-0.3, -0.25) is 0 Å². The Morgan fingerprint density at radius 2 is 1.78 bits per heavy atom. The Bertz CT molecular complexity index is 472. The predicted molar refractivity (Wildman–Crippen MR) is 90.4 cm³/mol. The van der Waals surface area contributed by atoms with E-state index in [2.05, 4.69) is 39.1 Å². The van der Waals surface area contributed by atoms with Crippen LogP contribution in [0.4, 0.5) is 0 Å². The van der Waals surface area contributed by atoms with E-state index in [0.29, 0.717) is 29.9 Å². The van der Waals surface area contributed by atoms with Crippen LogP contribution >= 0.6 is 0 Å². The number of nitrogens with two attached hydrogens (primary N) is 1. The molecule has 23 heavy (non-hydrogen) atoms. The summed E-state index contributed by atoms with van der Waals surface area (Å²) in [5, 5.41) is 20.9. The van der Waals surface area contributed by atoms with Crippen molar-refractivity contribution in [3.05, 3.63) is 29.8 Å². The summed E-state index contributed by atoms with van der Waals surface area (Å²) in [5.41, 5.74) is 0.605. The molecule has 0 unspecified atom stereocenters. The van der Waals surface area contributed by atoms with Crippen molar-refractivity contribution in [1.29, 1.82) is 5.26 Å². The summed E-state index contributed by atoms with van der Waals surface area (Å²) in [4.78, 5) is 1.59. The van der Waals surface area contributed by atoms with Crippen LogP contribution < -0.4 is 15.0 Å². The average molecular weight is 321 g/mol. The van der Waals surface area contributed by atoms with E-state index in [-0.39, 0.29) is 6.61 Å². The molecule has 0 heterocycles. The van der Waals surface area contributed by atoms with Crippen molar-refractivity contribution < 1.29 is 20.1 Å². The first-order valence-corrected chi connectivity index (χ1v) is 8.42. The molecular weight excluding hydrogens is 290 g/mol. The molecule has 0 radical (unpaired) electrons. The summed E-state index contributed by atoms with van der Waals surface area (Å²) in [7, 11) is 0. The van der Waals surface area contributed by atoms with Crippen molar-refractivity contribution in [1.82, 2.24) is 0 Å². The fraction of sp³-hybridized carbons (Fsp3) is 0.611. The van der Waals surface area contributed by atoms with Crippen LogP contribution in [-0.4, -0.2) is 49.5 Å². The van der Waals surface area contributed by atoms with Gasteiger partial charge in [0.2, 0.25) is 0 Å². The van der Waals surface area contributed by atoms with E-state index in [9.17, 15) is 5.11 Å². The normalized spacial score (nSPS) is 12.7. The van der Waals surface area contributed by atoms with E-state index in [1.807, 2.05) is 0 Å². The van der Waals surface area contributed by atoms with E-state index >= 15 is 0 Å². The fourth-order valence-corrected chi connectivity index (χ4v) is 2.71. The molecule has 0 saturated heterocycles. The second kappa shape index (κ2) is 10.2. The summed E-state index contributed by atoms with van der Waals surface area (Å²) >= 11 is 0. The third-order valence-corrected chi connectivity index (χ3v) is 3.98. The summed E-state index contributed by atoms with van der Waals surface area (Å²) in [5.74, 6) is 0.679. The number of aliphatic hydroxyl groups excluding tert-OH is 1. The molecule has 4 N–H and O–H groups in total. The highest BCUT2D eigenvalue weighted by Crippen LogP contribution is 2.11. The van der Waals surface area contributed by atoms with Crippen LogP contribution in [0.5, 0.6) is 5.75 Å². The molecule has 0 fully saturated rings. The standard InChI is InChI=1S/C18H29N3O2/c1-14(2)21(15(3)4)10-9-20-12-17(22)13-23-18-7-5-16(11-19)6-8-18/h5-8,14-15,17,20,22H,9-10,12-13H2,1-4H3/p+2/t17-/m1/s1. The summed E-state index contributed by atoms with van der Waals surface area (Å²) in [6, 6.07) is 10.2. The van der Waals surface area contributed by atoms with Gasteiger partial charge in [0.15, 0.2) is 0 Å². The zero-order valence-electron chi connectivity index (χ0n) is 14.7. The van der Waals surface area contributed by atoms with Gasteiger partial charge in [-0.25, -0.2) is 0 Å². The Kier molecular flexibility index (Phi) is 8.64. The Balaban J connectivity index is 2.21. The average Bonchev–Trinajstić information content (AvgIpc) is 2.52. The van der Waals surface area contributed by atoms with Crippen molar-refractivity contribution in [2.24, 2.45) is 0 Å². The summed E-state index contributed by atoms with van der Waals surface area (Å²) < 4.78 is 5.54. The zero-order valence-corrected chi connectivity index (χ0v) is 14.7. The summed E-state index contributed by atoms with van der Waals surface area (Å²) in [6.07, 6.45) is -0.493. The Morgan fingerprint density at radius 3 is 2.30 bits per heavy atom. The topological polar surface area (TPSA) is 74.3 Å². The number of nitriles is 1. The van der Waals surface area contributed by atoms with Crippen molar-refractivity contribution in [3.8, 4) is 11.8 Å². The van der Waals surface area contributed by atoms with Gasteiger partial charge in [0.05, 0.1) is 23.7 Å². The molecule has 128 valence electrons. The number of nitrogens with one attached hydrogen (secondary N) is 1. The highest BCUT2D eigenvalue weighted by molar-refractivity contribution is 5.34. The molecule has 5 nitrogen and oxygen atoms in total. The van der Waals surface area contributed by atoms with Crippen LogP contribution in [0.1, 0.15) is 33.3 Å². The molecule has 0 aromatic heterocycles. The molecule has 0 saturated carbocycles. The van der Waals surface area contributed by atoms with E-state index in [0.717, 1.165) is 13.1 Å². The van der Waals surface area contributed by atoms with Crippen molar-refractivity contribution in [3.63, 3.8) is 0 Å². The molecule has 1 aromatic rings. The van der Waals surface area contributed by atoms with Crippen LogP contribution in [0.15, 0.2) is 24.3 Å². The van der Waals surface area contributed by atoms with Gasteiger partial charge < -0.3 is 20.1 Å². The quantitative estimate of drug-likeness (QED) is 0.512. The summed E-state index contributed by atoms with van der Waals surface area (Å²) in [6.45, 7) is 12.0. The molecule has 1 atom stereocenters. The number of hydrogen-bond acceptors (Lipinski definition) is 3.